The van der Waals surface area contributed by atoms with Crippen molar-refractivity contribution in [2.24, 2.45) is 0 Å². The van der Waals surface area contributed by atoms with Gasteiger partial charge in [-0.25, -0.2) is 0 Å². The third-order valence-corrected chi connectivity index (χ3v) is 2.39. The highest BCUT2D eigenvalue weighted by molar-refractivity contribution is 6.29. The van der Waals surface area contributed by atoms with Crippen molar-refractivity contribution in [3.05, 3.63) is 47.0 Å². The largest absolute Gasteiger partial charge is 0.305 e. The van der Waals surface area contributed by atoms with Crippen LogP contribution in [0.15, 0.2) is 35.9 Å². The summed E-state index contributed by atoms with van der Waals surface area (Å²) in [5.41, 5.74) is 2.61. The van der Waals surface area contributed by atoms with E-state index in [1.54, 1.807) is 0 Å². The van der Waals surface area contributed by atoms with Gasteiger partial charge >= 0.3 is 0 Å². The van der Waals surface area contributed by atoms with Crippen LogP contribution >= 0.6 is 11.6 Å². The second kappa shape index (κ2) is 5.18. The van der Waals surface area contributed by atoms with Crippen LogP contribution in [0.5, 0.6) is 0 Å². The zero-order valence-electron chi connectivity index (χ0n) is 8.68. The molecule has 0 aromatic heterocycles. The minimum absolute atomic E-state index is 0.312. The SMILES string of the molecule is C=C(Cl)CN[C@H](C)c1ccccc1C. The molecule has 1 N–H and O–H groups in total. The van der Waals surface area contributed by atoms with E-state index < -0.39 is 0 Å². The van der Waals surface area contributed by atoms with Gasteiger partial charge in [0.15, 0.2) is 0 Å². The quantitative estimate of drug-likeness (QED) is 0.802. The van der Waals surface area contributed by atoms with Crippen LogP contribution in [0.3, 0.4) is 0 Å². The van der Waals surface area contributed by atoms with Gasteiger partial charge in [-0.1, -0.05) is 42.4 Å². The number of hydrogen-bond donors (Lipinski definition) is 1. The summed E-state index contributed by atoms with van der Waals surface area (Å²) >= 11 is 5.69. The molecule has 0 radical (unpaired) electrons. The van der Waals surface area contributed by atoms with Crippen LogP contribution in [0.25, 0.3) is 0 Å². The average molecular weight is 210 g/mol. The van der Waals surface area contributed by atoms with Gasteiger partial charge in [0, 0.05) is 17.6 Å². The Bertz CT molecular complexity index is 320. The van der Waals surface area contributed by atoms with Gasteiger partial charge in [0.05, 0.1) is 0 Å². The maximum atomic E-state index is 5.69. The molecule has 2 heteroatoms. The summed E-state index contributed by atoms with van der Waals surface area (Å²) < 4.78 is 0. The van der Waals surface area contributed by atoms with Crippen LogP contribution in [-0.4, -0.2) is 6.54 Å². The van der Waals surface area contributed by atoms with E-state index in [-0.39, 0.29) is 0 Å². The number of hydrogen-bond acceptors (Lipinski definition) is 1. The molecule has 14 heavy (non-hydrogen) atoms. The molecule has 0 aliphatic carbocycles. The maximum absolute atomic E-state index is 5.69. The van der Waals surface area contributed by atoms with Crippen molar-refractivity contribution < 1.29 is 0 Å². The van der Waals surface area contributed by atoms with Crippen molar-refractivity contribution in [1.82, 2.24) is 5.32 Å². The summed E-state index contributed by atoms with van der Waals surface area (Å²) in [4.78, 5) is 0. The number of rotatable bonds is 4. The molecular weight excluding hydrogens is 194 g/mol. The lowest BCUT2D eigenvalue weighted by molar-refractivity contribution is 0.611. The molecule has 0 saturated carbocycles. The Hall–Kier alpha value is -0.790. The first kappa shape index (κ1) is 11.3. The van der Waals surface area contributed by atoms with E-state index in [0.717, 1.165) is 0 Å². The Labute approximate surface area is 90.8 Å². The number of nitrogens with one attached hydrogen (secondary N) is 1. The van der Waals surface area contributed by atoms with Crippen LogP contribution in [0.2, 0.25) is 0 Å². The van der Waals surface area contributed by atoms with Crippen molar-refractivity contribution in [3.8, 4) is 0 Å². The fraction of sp³-hybridized carbons (Fsp3) is 0.333. The molecule has 76 valence electrons. The van der Waals surface area contributed by atoms with Crippen molar-refractivity contribution in [1.29, 1.82) is 0 Å². The fourth-order valence-corrected chi connectivity index (χ4v) is 1.52. The van der Waals surface area contributed by atoms with Gasteiger partial charge in [-0.2, -0.15) is 0 Å². The Morgan fingerprint density at radius 3 is 2.71 bits per heavy atom. The van der Waals surface area contributed by atoms with Crippen LogP contribution in [-0.2, 0) is 0 Å². The van der Waals surface area contributed by atoms with Crippen LogP contribution in [0, 0.1) is 6.92 Å². The first-order valence-corrected chi connectivity index (χ1v) is 5.11. The van der Waals surface area contributed by atoms with Crippen LogP contribution in [0.1, 0.15) is 24.1 Å². The number of benzene rings is 1. The lowest BCUT2D eigenvalue weighted by Crippen LogP contribution is -2.20. The predicted octanol–water partition coefficient (Wildman–Crippen LogP) is 3.40. The third kappa shape index (κ3) is 3.17. The summed E-state index contributed by atoms with van der Waals surface area (Å²) in [6, 6.07) is 8.65. The fourth-order valence-electron chi connectivity index (χ4n) is 1.45. The van der Waals surface area contributed by atoms with Crippen LogP contribution in [0.4, 0.5) is 0 Å². The van der Waals surface area contributed by atoms with E-state index in [1.807, 2.05) is 6.07 Å². The summed E-state index contributed by atoms with van der Waals surface area (Å²) in [5.74, 6) is 0. The van der Waals surface area contributed by atoms with Gasteiger partial charge < -0.3 is 5.32 Å². The zero-order chi connectivity index (χ0) is 10.6. The molecular formula is C12H16ClN. The van der Waals surface area contributed by atoms with E-state index in [9.17, 15) is 0 Å². The highest BCUT2D eigenvalue weighted by atomic mass is 35.5. The normalized spacial score (nSPS) is 12.5. The van der Waals surface area contributed by atoms with Gasteiger partial charge in [0.2, 0.25) is 0 Å². The highest BCUT2D eigenvalue weighted by Crippen LogP contribution is 2.16. The molecule has 0 unspecified atom stereocenters. The monoisotopic (exact) mass is 209 g/mol. The molecule has 0 aliphatic rings. The Morgan fingerprint density at radius 2 is 2.14 bits per heavy atom. The van der Waals surface area contributed by atoms with Crippen molar-refractivity contribution in [2.45, 2.75) is 19.9 Å². The lowest BCUT2D eigenvalue weighted by Gasteiger charge is -2.15. The van der Waals surface area contributed by atoms with Crippen molar-refractivity contribution in [3.63, 3.8) is 0 Å². The van der Waals surface area contributed by atoms with Gasteiger partial charge in [0.1, 0.15) is 0 Å². The summed E-state index contributed by atoms with van der Waals surface area (Å²) in [5, 5.41) is 3.95. The Morgan fingerprint density at radius 1 is 1.50 bits per heavy atom. The maximum Gasteiger partial charge on any atom is 0.0313 e. The Balaban J connectivity index is 2.65. The first-order chi connectivity index (χ1) is 6.61. The van der Waals surface area contributed by atoms with Gasteiger partial charge in [0.25, 0.3) is 0 Å². The molecule has 1 atom stereocenters. The van der Waals surface area contributed by atoms with E-state index in [0.29, 0.717) is 17.6 Å². The molecule has 0 amide bonds. The molecule has 0 bridgehead atoms. The van der Waals surface area contributed by atoms with Gasteiger partial charge in [-0.3, -0.25) is 0 Å². The molecule has 1 aromatic rings. The minimum atomic E-state index is 0.312. The second-order valence-corrected chi connectivity index (χ2v) is 4.01. The van der Waals surface area contributed by atoms with Crippen molar-refractivity contribution >= 4 is 11.6 Å². The molecule has 0 aliphatic heterocycles. The van der Waals surface area contributed by atoms with E-state index in [1.165, 1.54) is 11.1 Å². The topological polar surface area (TPSA) is 12.0 Å². The van der Waals surface area contributed by atoms with E-state index >= 15 is 0 Å². The number of aryl methyl sites for hydroxylation is 1. The zero-order valence-corrected chi connectivity index (χ0v) is 9.43. The molecule has 1 rings (SSSR count). The molecule has 1 aromatic carbocycles. The predicted molar refractivity (Wildman–Crippen MR) is 62.6 cm³/mol. The third-order valence-electron chi connectivity index (χ3n) is 2.26. The second-order valence-electron chi connectivity index (χ2n) is 3.48. The van der Waals surface area contributed by atoms with Gasteiger partial charge in [-0.05, 0) is 25.0 Å². The molecule has 0 fully saturated rings. The summed E-state index contributed by atoms with van der Waals surface area (Å²) in [7, 11) is 0. The first-order valence-electron chi connectivity index (χ1n) is 4.73. The van der Waals surface area contributed by atoms with E-state index in [2.05, 4.69) is 43.9 Å². The minimum Gasteiger partial charge on any atom is -0.305 e. The van der Waals surface area contributed by atoms with Crippen LogP contribution < -0.4 is 5.32 Å². The Kier molecular flexibility index (Phi) is 4.18. The van der Waals surface area contributed by atoms with E-state index in [4.69, 9.17) is 11.6 Å². The summed E-state index contributed by atoms with van der Waals surface area (Å²) in [6.45, 7) is 8.54. The lowest BCUT2D eigenvalue weighted by atomic mass is 10.0. The standard InChI is InChI=1S/C12H16ClN/c1-9-6-4-5-7-12(9)11(3)14-8-10(2)13/h4-7,11,14H,2,8H2,1,3H3/t11-/m1/s1. The molecule has 0 spiro atoms. The average Bonchev–Trinajstić information content (AvgIpc) is 2.15. The molecule has 0 heterocycles. The smallest absolute Gasteiger partial charge is 0.0313 e. The number of halogens is 1. The van der Waals surface area contributed by atoms with Gasteiger partial charge in [-0.15, -0.1) is 0 Å². The molecule has 1 nitrogen and oxygen atoms in total. The van der Waals surface area contributed by atoms with Crippen molar-refractivity contribution in [2.75, 3.05) is 6.54 Å². The highest BCUT2D eigenvalue weighted by Gasteiger charge is 2.06. The molecule has 0 saturated heterocycles. The summed E-state index contributed by atoms with van der Waals surface area (Å²) in [6.07, 6.45) is 0.